The third-order valence-electron chi connectivity index (χ3n) is 2.94. The van der Waals surface area contributed by atoms with Crippen LogP contribution in [0.2, 0.25) is 0 Å². The molecule has 0 bridgehead atoms. The van der Waals surface area contributed by atoms with E-state index < -0.39 is 0 Å². The normalized spacial score (nSPS) is 12.6. The maximum atomic E-state index is 3.57. The van der Waals surface area contributed by atoms with Crippen LogP contribution < -0.4 is 5.32 Å². The lowest BCUT2D eigenvalue weighted by Gasteiger charge is -2.17. The van der Waals surface area contributed by atoms with Crippen LogP contribution in [0.3, 0.4) is 0 Å². The summed E-state index contributed by atoms with van der Waals surface area (Å²) in [6.07, 6.45) is 2.11. The Morgan fingerprint density at radius 1 is 1.22 bits per heavy atom. The van der Waals surface area contributed by atoms with Crippen LogP contribution in [-0.2, 0) is 0 Å². The minimum absolute atomic E-state index is 0.316. The lowest BCUT2D eigenvalue weighted by atomic mass is 10.0. The first-order valence-corrected chi connectivity index (χ1v) is 8.27. The molecule has 0 spiro atoms. The van der Waals surface area contributed by atoms with E-state index in [1.807, 2.05) is 11.3 Å². The van der Waals surface area contributed by atoms with Crippen molar-refractivity contribution in [3.63, 3.8) is 0 Å². The highest BCUT2D eigenvalue weighted by Crippen LogP contribution is 2.27. The summed E-state index contributed by atoms with van der Waals surface area (Å²) in [5.41, 5.74) is 2.71. The van der Waals surface area contributed by atoms with E-state index in [-0.39, 0.29) is 0 Å². The summed E-state index contributed by atoms with van der Waals surface area (Å²) in [5, 5.41) is 5.82. The van der Waals surface area contributed by atoms with E-state index in [1.165, 1.54) is 20.9 Å². The van der Waals surface area contributed by atoms with Gasteiger partial charge in [-0.05, 0) is 54.4 Å². The molecule has 3 heteroatoms. The van der Waals surface area contributed by atoms with Crippen molar-refractivity contribution in [1.82, 2.24) is 5.32 Å². The summed E-state index contributed by atoms with van der Waals surface area (Å²) in [4.78, 5) is 2.68. The van der Waals surface area contributed by atoms with E-state index in [0.717, 1.165) is 6.54 Å². The van der Waals surface area contributed by atoms with Gasteiger partial charge in [0.25, 0.3) is 0 Å². The van der Waals surface area contributed by atoms with Crippen molar-refractivity contribution >= 4 is 23.1 Å². The van der Waals surface area contributed by atoms with Gasteiger partial charge in [0, 0.05) is 9.77 Å². The molecule has 96 valence electrons. The maximum absolute atomic E-state index is 3.57. The van der Waals surface area contributed by atoms with Gasteiger partial charge in [-0.2, -0.15) is 0 Å². The zero-order valence-electron chi connectivity index (χ0n) is 11.1. The van der Waals surface area contributed by atoms with E-state index in [0.29, 0.717) is 6.04 Å². The number of thioether (sulfide) groups is 1. The first kappa shape index (κ1) is 13.7. The third-order valence-corrected chi connectivity index (χ3v) is 4.56. The molecule has 2 aromatic rings. The van der Waals surface area contributed by atoms with Crippen molar-refractivity contribution in [3.05, 3.63) is 51.7 Å². The zero-order valence-corrected chi connectivity index (χ0v) is 12.7. The summed E-state index contributed by atoms with van der Waals surface area (Å²) in [6.45, 7) is 5.29. The molecule has 1 nitrogen and oxygen atoms in total. The molecule has 0 saturated carbocycles. The smallest absolute Gasteiger partial charge is 0.0584 e. The van der Waals surface area contributed by atoms with Gasteiger partial charge < -0.3 is 5.32 Å². The van der Waals surface area contributed by atoms with E-state index >= 15 is 0 Å². The number of benzene rings is 1. The summed E-state index contributed by atoms with van der Waals surface area (Å²) >= 11 is 3.60. The summed E-state index contributed by atoms with van der Waals surface area (Å²) < 4.78 is 0. The van der Waals surface area contributed by atoms with Crippen LogP contribution in [0.4, 0.5) is 0 Å². The topological polar surface area (TPSA) is 12.0 Å². The molecule has 0 saturated heterocycles. The SMILES string of the molecule is CCNC(c1ccc(SC)cc1)c1csc(C)c1. The minimum atomic E-state index is 0.316. The average molecular weight is 277 g/mol. The monoisotopic (exact) mass is 277 g/mol. The van der Waals surface area contributed by atoms with E-state index in [4.69, 9.17) is 0 Å². The van der Waals surface area contributed by atoms with Crippen LogP contribution in [0.1, 0.15) is 29.0 Å². The second kappa shape index (κ2) is 6.41. The number of rotatable bonds is 5. The maximum Gasteiger partial charge on any atom is 0.0584 e. The molecule has 0 radical (unpaired) electrons. The molecule has 1 unspecified atom stereocenters. The van der Waals surface area contributed by atoms with Gasteiger partial charge in [-0.15, -0.1) is 23.1 Å². The van der Waals surface area contributed by atoms with Crippen molar-refractivity contribution in [1.29, 1.82) is 0 Å². The second-order valence-corrected chi connectivity index (χ2v) is 6.25. The highest BCUT2D eigenvalue weighted by atomic mass is 32.2. The largest absolute Gasteiger partial charge is 0.307 e. The number of aryl methyl sites for hydroxylation is 1. The van der Waals surface area contributed by atoms with Gasteiger partial charge in [-0.3, -0.25) is 0 Å². The number of thiophene rings is 1. The van der Waals surface area contributed by atoms with Gasteiger partial charge in [-0.25, -0.2) is 0 Å². The van der Waals surface area contributed by atoms with Gasteiger partial charge in [-0.1, -0.05) is 19.1 Å². The number of nitrogens with one attached hydrogen (secondary N) is 1. The van der Waals surface area contributed by atoms with Crippen LogP contribution in [0.5, 0.6) is 0 Å². The Hall–Kier alpha value is -0.770. The predicted molar refractivity (Wildman–Crippen MR) is 82.8 cm³/mol. The number of hydrogen-bond donors (Lipinski definition) is 1. The Morgan fingerprint density at radius 3 is 2.44 bits per heavy atom. The lowest BCUT2D eigenvalue weighted by Crippen LogP contribution is -2.21. The molecule has 0 aliphatic carbocycles. The van der Waals surface area contributed by atoms with Crippen molar-refractivity contribution in [3.8, 4) is 0 Å². The van der Waals surface area contributed by atoms with Crippen molar-refractivity contribution in [2.45, 2.75) is 24.8 Å². The Bertz CT molecular complexity index is 487. The molecule has 0 fully saturated rings. The average Bonchev–Trinajstić information content (AvgIpc) is 2.82. The molecule has 2 rings (SSSR count). The second-order valence-electron chi connectivity index (χ2n) is 4.25. The van der Waals surface area contributed by atoms with Gasteiger partial charge in [0.05, 0.1) is 6.04 Å². The Morgan fingerprint density at radius 2 is 1.94 bits per heavy atom. The molecular weight excluding hydrogens is 258 g/mol. The van der Waals surface area contributed by atoms with E-state index in [1.54, 1.807) is 11.8 Å². The molecule has 1 atom stereocenters. The van der Waals surface area contributed by atoms with Crippen molar-refractivity contribution in [2.24, 2.45) is 0 Å². The fourth-order valence-corrected chi connectivity index (χ4v) is 3.18. The molecule has 1 heterocycles. The summed E-state index contributed by atoms with van der Waals surface area (Å²) in [6, 6.07) is 11.4. The van der Waals surface area contributed by atoms with Crippen LogP contribution in [0.25, 0.3) is 0 Å². The van der Waals surface area contributed by atoms with Gasteiger partial charge >= 0.3 is 0 Å². The van der Waals surface area contributed by atoms with E-state index in [2.05, 4.69) is 61.1 Å². The molecule has 0 amide bonds. The quantitative estimate of drug-likeness (QED) is 0.809. The Balaban J connectivity index is 2.28. The lowest BCUT2D eigenvalue weighted by molar-refractivity contribution is 0.632. The van der Waals surface area contributed by atoms with Crippen molar-refractivity contribution < 1.29 is 0 Å². The van der Waals surface area contributed by atoms with Crippen LogP contribution in [0.15, 0.2) is 40.6 Å². The molecule has 1 N–H and O–H groups in total. The number of hydrogen-bond acceptors (Lipinski definition) is 3. The van der Waals surface area contributed by atoms with Crippen LogP contribution >= 0.6 is 23.1 Å². The molecule has 1 aromatic carbocycles. The molecular formula is C15H19NS2. The molecule has 0 aliphatic heterocycles. The predicted octanol–water partition coefficient (Wildman–Crippen LogP) is 4.48. The Kier molecular flexibility index (Phi) is 4.87. The third kappa shape index (κ3) is 3.16. The zero-order chi connectivity index (χ0) is 13.0. The fraction of sp³-hybridized carbons (Fsp3) is 0.333. The molecule has 18 heavy (non-hydrogen) atoms. The van der Waals surface area contributed by atoms with E-state index in [9.17, 15) is 0 Å². The van der Waals surface area contributed by atoms with Crippen molar-refractivity contribution in [2.75, 3.05) is 12.8 Å². The van der Waals surface area contributed by atoms with Gasteiger partial charge in [0.2, 0.25) is 0 Å². The fourth-order valence-electron chi connectivity index (χ4n) is 2.04. The highest BCUT2D eigenvalue weighted by Gasteiger charge is 2.13. The first-order valence-electron chi connectivity index (χ1n) is 6.17. The van der Waals surface area contributed by atoms with Crippen LogP contribution in [0, 0.1) is 6.92 Å². The highest BCUT2D eigenvalue weighted by molar-refractivity contribution is 7.98. The summed E-state index contributed by atoms with van der Waals surface area (Å²) in [5.74, 6) is 0. The summed E-state index contributed by atoms with van der Waals surface area (Å²) in [7, 11) is 0. The Labute approximate surface area is 118 Å². The minimum Gasteiger partial charge on any atom is -0.307 e. The molecule has 0 aliphatic rings. The van der Waals surface area contributed by atoms with Gasteiger partial charge in [0.15, 0.2) is 0 Å². The first-order chi connectivity index (χ1) is 8.74. The standard InChI is InChI=1S/C15H19NS2/c1-4-16-15(13-9-11(2)18-10-13)12-5-7-14(17-3)8-6-12/h5-10,15-16H,4H2,1-3H3. The van der Waals surface area contributed by atoms with Gasteiger partial charge in [0.1, 0.15) is 0 Å². The molecule has 1 aromatic heterocycles. The van der Waals surface area contributed by atoms with Crippen LogP contribution in [-0.4, -0.2) is 12.8 Å².